The van der Waals surface area contributed by atoms with Crippen LogP contribution >= 0.6 is 0 Å². The van der Waals surface area contributed by atoms with Gasteiger partial charge in [-0.1, -0.05) is 0 Å². The summed E-state index contributed by atoms with van der Waals surface area (Å²) in [5.41, 5.74) is 0. The molecule has 0 aromatic heterocycles. The van der Waals surface area contributed by atoms with Crippen LogP contribution in [-0.4, -0.2) is 34.5 Å². The summed E-state index contributed by atoms with van der Waals surface area (Å²) in [4.78, 5) is 5.10. The lowest BCUT2D eigenvalue weighted by atomic mass is 10.5. The van der Waals surface area contributed by atoms with E-state index < -0.39 is 9.05 Å². The molecule has 0 aliphatic carbocycles. The molecule has 0 heterocycles. The van der Waals surface area contributed by atoms with Crippen molar-refractivity contribution in [3.63, 3.8) is 0 Å². The SMILES string of the molecule is CCO[Si](OCC)(OOC(C)C)OC(C)C. The third-order valence-electron chi connectivity index (χ3n) is 1.36. The van der Waals surface area contributed by atoms with Gasteiger partial charge in [-0.2, -0.15) is 4.58 Å². The lowest BCUT2D eigenvalue weighted by Gasteiger charge is -2.28. The van der Waals surface area contributed by atoms with Crippen LogP contribution in [0, 0.1) is 0 Å². The van der Waals surface area contributed by atoms with Crippen molar-refractivity contribution in [2.45, 2.75) is 53.8 Å². The molecule has 98 valence electrons. The van der Waals surface area contributed by atoms with Gasteiger partial charge >= 0.3 is 9.05 Å². The quantitative estimate of drug-likeness (QED) is 0.358. The highest BCUT2D eigenvalue weighted by molar-refractivity contribution is 6.53. The lowest BCUT2D eigenvalue weighted by Crippen LogP contribution is -2.51. The van der Waals surface area contributed by atoms with Gasteiger partial charge in [-0.3, -0.25) is 0 Å². The van der Waals surface area contributed by atoms with Crippen LogP contribution in [0.5, 0.6) is 0 Å². The molecule has 16 heavy (non-hydrogen) atoms. The van der Waals surface area contributed by atoms with Crippen molar-refractivity contribution in [3.8, 4) is 0 Å². The molecular weight excluding hydrogens is 228 g/mol. The molecule has 0 aliphatic heterocycles. The molecule has 0 rings (SSSR count). The molecule has 0 atom stereocenters. The molecule has 5 nitrogen and oxygen atoms in total. The van der Waals surface area contributed by atoms with Gasteiger partial charge in [0.1, 0.15) is 0 Å². The standard InChI is InChI=1S/C10H24O5Si/c1-7-11-16(12-8-2,14-10(5)6)15-13-9(3)4/h9-10H,7-8H2,1-6H3. The highest BCUT2D eigenvalue weighted by atomic mass is 28.4. The van der Waals surface area contributed by atoms with E-state index in [9.17, 15) is 0 Å². The van der Waals surface area contributed by atoms with E-state index in [0.717, 1.165) is 0 Å². The van der Waals surface area contributed by atoms with Crippen molar-refractivity contribution in [2.75, 3.05) is 13.2 Å². The Balaban J connectivity index is 4.49. The third kappa shape index (κ3) is 6.57. The minimum Gasteiger partial charge on any atom is -0.350 e. The minimum absolute atomic E-state index is 0.0412. The minimum atomic E-state index is -3.14. The summed E-state index contributed by atoms with van der Waals surface area (Å²) in [5.74, 6) is 0. The Hall–Kier alpha value is 0.0169. The Morgan fingerprint density at radius 2 is 1.38 bits per heavy atom. The first-order chi connectivity index (χ1) is 7.45. The highest BCUT2D eigenvalue weighted by Gasteiger charge is 2.48. The molecule has 0 spiro atoms. The zero-order chi connectivity index (χ0) is 12.6. The average Bonchev–Trinajstić information content (AvgIpc) is 2.14. The predicted octanol–water partition coefficient (Wildman–Crippen LogP) is 2.28. The fourth-order valence-electron chi connectivity index (χ4n) is 0.975. The maximum atomic E-state index is 5.62. The van der Waals surface area contributed by atoms with E-state index in [4.69, 9.17) is 22.7 Å². The number of hydrogen-bond donors (Lipinski definition) is 0. The van der Waals surface area contributed by atoms with E-state index in [2.05, 4.69) is 0 Å². The van der Waals surface area contributed by atoms with Crippen molar-refractivity contribution >= 4 is 9.05 Å². The van der Waals surface area contributed by atoms with Crippen molar-refractivity contribution in [2.24, 2.45) is 0 Å². The second-order valence-corrected chi connectivity index (χ2v) is 5.74. The Labute approximate surface area is 99.4 Å². The van der Waals surface area contributed by atoms with Gasteiger partial charge in [0.25, 0.3) is 0 Å². The lowest BCUT2D eigenvalue weighted by molar-refractivity contribution is -0.297. The summed E-state index contributed by atoms with van der Waals surface area (Å²) in [5, 5.41) is 0. The smallest absolute Gasteiger partial charge is 0.350 e. The van der Waals surface area contributed by atoms with Crippen LogP contribution in [0.4, 0.5) is 0 Å². The monoisotopic (exact) mass is 252 g/mol. The van der Waals surface area contributed by atoms with E-state index in [0.29, 0.717) is 13.2 Å². The van der Waals surface area contributed by atoms with Gasteiger partial charge in [0.15, 0.2) is 0 Å². The van der Waals surface area contributed by atoms with Crippen LogP contribution in [0.3, 0.4) is 0 Å². The van der Waals surface area contributed by atoms with Gasteiger partial charge < -0.3 is 13.3 Å². The Morgan fingerprint density at radius 3 is 1.69 bits per heavy atom. The van der Waals surface area contributed by atoms with Crippen LogP contribution in [0.25, 0.3) is 0 Å². The second-order valence-electron chi connectivity index (χ2n) is 3.76. The largest absolute Gasteiger partial charge is 0.708 e. The second kappa shape index (κ2) is 8.16. The molecule has 0 amide bonds. The zero-order valence-corrected chi connectivity index (χ0v) is 12.1. The Morgan fingerprint density at radius 1 is 0.875 bits per heavy atom. The normalized spacial score (nSPS) is 12.8. The molecule has 0 aromatic rings. The number of rotatable bonds is 9. The van der Waals surface area contributed by atoms with E-state index >= 15 is 0 Å². The molecular formula is C10H24O5Si. The maximum Gasteiger partial charge on any atom is 0.708 e. The summed E-state index contributed by atoms with van der Waals surface area (Å²) in [6, 6.07) is 0. The molecule has 0 saturated heterocycles. The molecule has 0 bridgehead atoms. The summed E-state index contributed by atoms with van der Waals surface area (Å²) in [6.07, 6.45) is -0.107. The molecule has 0 fully saturated rings. The summed E-state index contributed by atoms with van der Waals surface area (Å²) in [6.45, 7) is 12.2. The van der Waals surface area contributed by atoms with Crippen molar-refractivity contribution in [3.05, 3.63) is 0 Å². The fraction of sp³-hybridized carbons (Fsp3) is 1.00. The first-order valence-electron chi connectivity index (χ1n) is 5.76. The van der Waals surface area contributed by atoms with Crippen LogP contribution < -0.4 is 0 Å². The van der Waals surface area contributed by atoms with E-state index in [1.165, 1.54) is 0 Å². The molecule has 0 radical (unpaired) electrons. The van der Waals surface area contributed by atoms with Crippen LogP contribution in [0.15, 0.2) is 0 Å². The maximum absolute atomic E-state index is 5.62. The van der Waals surface area contributed by atoms with E-state index in [-0.39, 0.29) is 12.2 Å². The number of hydrogen-bond acceptors (Lipinski definition) is 5. The van der Waals surface area contributed by atoms with Gasteiger partial charge in [0.2, 0.25) is 0 Å². The fourth-order valence-corrected chi connectivity index (χ4v) is 2.92. The van der Waals surface area contributed by atoms with Crippen molar-refractivity contribution in [1.29, 1.82) is 0 Å². The first kappa shape index (κ1) is 16.0. The topological polar surface area (TPSA) is 46.2 Å². The summed E-state index contributed by atoms with van der Waals surface area (Å²) in [7, 11) is -3.14. The van der Waals surface area contributed by atoms with E-state index in [1.807, 2.05) is 41.5 Å². The molecule has 0 unspecified atom stereocenters. The zero-order valence-electron chi connectivity index (χ0n) is 11.1. The van der Waals surface area contributed by atoms with Gasteiger partial charge in [0, 0.05) is 19.3 Å². The van der Waals surface area contributed by atoms with E-state index in [1.54, 1.807) is 0 Å². The van der Waals surface area contributed by atoms with Gasteiger partial charge in [0.05, 0.1) is 6.10 Å². The van der Waals surface area contributed by atoms with Crippen LogP contribution in [0.2, 0.25) is 0 Å². The van der Waals surface area contributed by atoms with Gasteiger partial charge in [-0.05, 0) is 41.5 Å². The Bertz CT molecular complexity index is 169. The summed E-state index contributed by atoms with van der Waals surface area (Å²) < 4.78 is 21.8. The third-order valence-corrected chi connectivity index (χ3v) is 3.71. The molecule has 0 aromatic carbocycles. The summed E-state index contributed by atoms with van der Waals surface area (Å²) >= 11 is 0. The average molecular weight is 252 g/mol. The molecule has 0 N–H and O–H groups in total. The van der Waals surface area contributed by atoms with Crippen LogP contribution in [-0.2, 0) is 22.7 Å². The van der Waals surface area contributed by atoms with Crippen molar-refractivity contribution < 1.29 is 22.7 Å². The van der Waals surface area contributed by atoms with Crippen LogP contribution in [0.1, 0.15) is 41.5 Å². The molecule has 0 aliphatic rings. The predicted molar refractivity (Wildman–Crippen MR) is 62.5 cm³/mol. The van der Waals surface area contributed by atoms with Crippen molar-refractivity contribution in [1.82, 2.24) is 0 Å². The molecule has 6 heteroatoms. The van der Waals surface area contributed by atoms with Gasteiger partial charge in [-0.15, -0.1) is 0 Å². The van der Waals surface area contributed by atoms with Gasteiger partial charge in [-0.25, -0.2) is 4.89 Å². The highest BCUT2D eigenvalue weighted by Crippen LogP contribution is 2.15. The first-order valence-corrected chi connectivity index (χ1v) is 7.39. The Kier molecular flexibility index (Phi) is 8.17. The molecule has 0 saturated carbocycles.